The predicted molar refractivity (Wildman–Crippen MR) is 76.4 cm³/mol. The van der Waals surface area contributed by atoms with E-state index >= 15 is 0 Å². The fraction of sp³-hybridized carbons (Fsp3) is 0.857. The summed E-state index contributed by atoms with van der Waals surface area (Å²) in [4.78, 5) is 0. The summed E-state index contributed by atoms with van der Waals surface area (Å²) in [5.41, 5.74) is 1.42. The fourth-order valence-electron chi connectivity index (χ4n) is 1.18. The Morgan fingerprint density at radius 3 is 2.12 bits per heavy atom. The van der Waals surface area contributed by atoms with Crippen LogP contribution in [0.4, 0.5) is 0 Å². The van der Waals surface area contributed by atoms with E-state index < -0.39 is 8.32 Å². The van der Waals surface area contributed by atoms with Crippen LogP contribution >= 0.6 is 0 Å². The molecule has 0 aliphatic heterocycles. The van der Waals surface area contributed by atoms with Crippen molar-refractivity contribution in [1.29, 1.82) is 0 Å². The maximum Gasteiger partial charge on any atom is 0.191 e. The molecule has 0 N–H and O–H groups in total. The quantitative estimate of drug-likeness (QED) is 0.356. The third-order valence-electron chi connectivity index (χ3n) is 3.42. The molecule has 0 saturated carbocycles. The Hall–Kier alpha value is -0.0831. The highest BCUT2D eigenvalue weighted by atomic mass is 28.4. The van der Waals surface area contributed by atoms with Gasteiger partial charge in [0, 0.05) is 6.61 Å². The second-order valence-corrected chi connectivity index (χ2v) is 11.2. The summed E-state index contributed by atoms with van der Waals surface area (Å²) in [6.45, 7) is 16.8. The van der Waals surface area contributed by atoms with Crippen molar-refractivity contribution in [2.24, 2.45) is 0 Å². The van der Waals surface area contributed by atoms with Crippen molar-refractivity contribution in [2.45, 2.75) is 72.0 Å². The minimum Gasteiger partial charge on any atom is -0.417 e. The number of unbranched alkanes of at least 4 members (excludes halogenated alkanes) is 2. The first-order valence-electron chi connectivity index (χ1n) is 6.44. The average molecular weight is 242 g/mol. The van der Waals surface area contributed by atoms with Gasteiger partial charge in [0.15, 0.2) is 8.32 Å². The molecule has 2 heteroatoms. The monoisotopic (exact) mass is 242 g/mol. The molecule has 0 saturated heterocycles. The lowest BCUT2D eigenvalue weighted by Crippen LogP contribution is -2.40. The fourth-order valence-corrected chi connectivity index (χ4v) is 2.27. The van der Waals surface area contributed by atoms with E-state index in [1.54, 1.807) is 0 Å². The minimum absolute atomic E-state index is 0.340. The minimum atomic E-state index is -1.50. The maximum absolute atomic E-state index is 6.12. The first kappa shape index (κ1) is 15.9. The Morgan fingerprint density at radius 1 is 1.12 bits per heavy atom. The van der Waals surface area contributed by atoms with E-state index in [1.807, 2.05) is 0 Å². The van der Waals surface area contributed by atoms with Crippen LogP contribution in [0.2, 0.25) is 18.1 Å². The van der Waals surface area contributed by atoms with Crippen molar-refractivity contribution in [3.63, 3.8) is 0 Å². The molecule has 0 fully saturated rings. The van der Waals surface area contributed by atoms with Crippen LogP contribution in [0, 0.1) is 0 Å². The molecule has 0 aromatic carbocycles. The molecule has 1 nitrogen and oxygen atoms in total. The molecule has 0 aromatic rings. The summed E-state index contributed by atoms with van der Waals surface area (Å²) in [6.07, 6.45) is 5.95. The van der Waals surface area contributed by atoms with Gasteiger partial charge in [-0.25, -0.2) is 0 Å². The zero-order chi connectivity index (χ0) is 12.8. The van der Waals surface area contributed by atoms with Crippen LogP contribution < -0.4 is 0 Å². The van der Waals surface area contributed by atoms with Gasteiger partial charge >= 0.3 is 0 Å². The topological polar surface area (TPSA) is 9.23 Å². The molecule has 0 bridgehead atoms. The second kappa shape index (κ2) is 6.60. The van der Waals surface area contributed by atoms with Crippen molar-refractivity contribution in [2.75, 3.05) is 6.61 Å². The van der Waals surface area contributed by atoms with E-state index in [2.05, 4.69) is 53.8 Å². The van der Waals surface area contributed by atoms with Crippen LogP contribution in [-0.2, 0) is 4.43 Å². The van der Waals surface area contributed by atoms with Gasteiger partial charge in [-0.1, -0.05) is 32.4 Å². The van der Waals surface area contributed by atoms with Crippen molar-refractivity contribution < 1.29 is 4.43 Å². The molecular formula is C14H30OSi. The molecule has 0 radical (unpaired) electrons. The van der Waals surface area contributed by atoms with Crippen LogP contribution in [0.25, 0.3) is 0 Å². The van der Waals surface area contributed by atoms with Crippen LogP contribution in [0.5, 0.6) is 0 Å². The Labute approximate surface area is 103 Å². The molecule has 16 heavy (non-hydrogen) atoms. The Morgan fingerprint density at radius 2 is 1.69 bits per heavy atom. The van der Waals surface area contributed by atoms with Gasteiger partial charge in [-0.15, -0.1) is 0 Å². The third-order valence-corrected chi connectivity index (χ3v) is 7.96. The summed E-state index contributed by atoms with van der Waals surface area (Å²) >= 11 is 0. The Bertz CT molecular complexity index is 219. The lowest BCUT2D eigenvalue weighted by atomic mass is 10.2. The largest absolute Gasteiger partial charge is 0.417 e. The lowest BCUT2D eigenvalue weighted by molar-refractivity contribution is 0.279. The lowest BCUT2D eigenvalue weighted by Gasteiger charge is -2.36. The molecular weight excluding hydrogens is 212 g/mol. The number of rotatable bonds is 6. The van der Waals surface area contributed by atoms with Crippen molar-refractivity contribution in [1.82, 2.24) is 0 Å². The number of hydrogen-bond donors (Lipinski definition) is 0. The standard InChI is InChI=1S/C14H30OSi/c1-13(2)11-9-8-10-12-15-16(6,7)14(3,4)5/h11H,8-10,12H2,1-7H3. The summed E-state index contributed by atoms with van der Waals surface area (Å²) in [6, 6.07) is 0. The first-order chi connectivity index (χ1) is 7.17. The Kier molecular flexibility index (Phi) is 6.57. The molecule has 0 unspecified atom stereocenters. The first-order valence-corrected chi connectivity index (χ1v) is 9.35. The van der Waals surface area contributed by atoms with Crippen LogP contribution in [0.15, 0.2) is 11.6 Å². The normalized spacial score (nSPS) is 12.7. The van der Waals surface area contributed by atoms with Gasteiger partial charge in [0.1, 0.15) is 0 Å². The van der Waals surface area contributed by atoms with E-state index in [-0.39, 0.29) is 0 Å². The van der Waals surface area contributed by atoms with Gasteiger partial charge in [-0.05, 0) is 51.2 Å². The molecule has 96 valence electrons. The van der Waals surface area contributed by atoms with Crippen LogP contribution in [0.3, 0.4) is 0 Å². The van der Waals surface area contributed by atoms with Crippen molar-refractivity contribution in [3.8, 4) is 0 Å². The summed E-state index contributed by atoms with van der Waals surface area (Å²) in [5.74, 6) is 0. The molecule has 0 atom stereocenters. The van der Waals surface area contributed by atoms with Crippen LogP contribution in [0.1, 0.15) is 53.9 Å². The van der Waals surface area contributed by atoms with Gasteiger partial charge < -0.3 is 4.43 Å². The second-order valence-electron chi connectivity index (χ2n) is 6.39. The summed E-state index contributed by atoms with van der Waals surface area (Å²) in [5, 5.41) is 0.340. The van der Waals surface area contributed by atoms with E-state index in [4.69, 9.17) is 4.43 Å². The highest BCUT2D eigenvalue weighted by molar-refractivity contribution is 6.74. The molecule has 0 aliphatic rings. The predicted octanol–water partition coefficient (Wildman–Crippen LogP) is 5.14. The van der Waals surface area contributed by atoms with Crippen molar-refractivity contribution >= 4 is 8.32 Å². The average Bonchev–Trinajstić information content (AvgIpc) is 2.08. The highest BCUT2D eigenvalue weighted by Gasteiger charge is 2.36. The smallest absolute Gasteiger partial charge is 0.191 e. The van der Waals surface area contributed by atoms with Gasteiger partial charge in [0.25, 0.3) is 0 Å². The molecule has 0 spiro atoms. The van der Waals surface area contributed by atoms with Gasteiger partial charge in [-0.2, -0.15) is 0 Å². The van der Waals surface area contributed by atoms with Gasteiger partial charge in [0.2, 0.25) is 0 Å². The zero-order valence-corrected chi connectivity index (χ0v) is 13.3. The SMILES string of the molecule is CC(C)=CCCCCO[Si](C)(C)C(C)(C)C. The van der Waals surface area contributed by atoms with E-state index in [0.717, 1.165) is 6.61 Å². The van der Waals surface area contributed by atoms with Crippen molar-refractivity contribution in [3.05, 3.63) is 11.6 Å². The van der Waals surface area contributed by atoms with Gasteiger partial charge in [-0.3, -0.25) is 0 Å². The van der Waals surface area contributed by atoms with E-state index in [9.17, 15) is 0 Å². The third kappa shape index (κ3) is 6.49. The Balaban J connectivity index is 3.71. The molecule has 0 aliphatic carbocycles. The van der Waals surface area contributed by atoms with E-state index in [0.29, 0.717) is 5.04 Å². The summed E-state index contributed by atoms with van der Waals surface area (Å²) in [7, 11) is -1.50. The maximum atomic E-state index is 6.12. The number of hydrogen-bond acceptors (Lipinski definition) is 1. The molecule has 0 aromatic heterocycles. The molecule has 0 rings (SSSR count). The van der Waals surface area contributed by atoms with Gasteiger partial charge in [0.05, 0.1) is 0 Å². The molecule has 0 amide bonds. The zero-order valence-electron chi connectivity index (χ0n) is 12.3. The highest BCUT2D eigenvalue weighted by Crippen LogP contribution is 2.36. The number of allylic oxidation sites excluding steroid dienone is 2. The van der Waals surface area contributed by atoms with E-state index in [1.165, 1.54) is 24.8 Å². The molecule has 0 heterocycles. The summed E-state index contributed by atoms with van der Waals surface area (Å²) < 4.78 is 6.12. The van der Waals surface area contributed by atoms with Crippen LogP contribution in [-0.4, -0.2) is 14.9 Å².